The molecule has 0 saturated carbocycles. The van der Waals surface area contributed by atoms with Crippen molar-refractivity contribution in [1.29, 1.82) is 0 Å². The summed E-state index contributed by atoms with van der Waals surface area (Å²) in [6.45, 7) is 2.35. The topological polar surface area (TPSA) is 29.5 Å². The highest BCUT2D eigenvalue weighted by molar-refractivity contribution is 6.15. The zero-order valence-corrected chi connectivity index (χ0v) is 29.1. The van der Waals surface area contributed by atoms with Crippen molar-refractivity contribution in [2.24, 2.45) is 0 Å². The molecule has 3 heteroatoms. The van der Waals surface area contributed by atoms with Crippen LogP contribution in [0.25, 0.3) is 66.1 Å². The molecular formula is C50H33NO2. The number of anilines is 3. The number of benzene rings is 8. The SMILES string of the molecule is CC1(c2cccc3c2oc2cccc(N(c4ccc(-c5ccccc5)cc4)c4ccc5c(c4)oc4ccccc45)c23)c2ccccc2-c2ccccc21. The first kappa shape index (κ1) is 29.8. The van der Waals surface area contributed by atoms with Crippen LogP contribution in [-0.4, -0.2) is 0 Å². The Morgan fingerprint density at radius 3 is 1.79 bits per heavy atom. The molecule has 0 unspecified atom stereocenters. The maximum atomic E-state index is 7.00. The lowest BCUT2D eigenvalue weighted by Gasteiger charge is -2.28. The highest BCUT2D eigenvalue weighted by Gasteiger charge is 2.42. The Morgan fingerprint density at radius 2 is 1.00 bits per heavy atom. The first-order valence-corrected chi connectivity index (χ1v) is 18.2. The number of hydrogen-bond donors (Lipinski definition) is 0. The van der Waals surface area contributed by atoms with Gasteiger partial charge in [0.2, 0.25) is 0 Å². The second-order valence-corrected chi connectivity index (χ2v) is 14.2. The molecule has 2 heterocycles. The number of rotatable bonds is 5. The second-order valence-electron chi connectivity index (χ2n) is 14.2. The van der Waals surface area contributed by atoms with E-state index in [-0.39, 0.29) is 5.41 Å². The van der Waals surface area contributed by atoms with E-state index < -0.39 is 0 Å². The van der Waals surface area contributed by atoms with E-state index in [1.165, 1.54) is 33.4 Å². The van der Waals surface area contributed by atoms with Crippen LogP contribution < -0.4 is 4.90 Å². The van der Waals surface area contributed by atoms with E-state index in [0.717, 1.165) is 66.5 Å². The molecule has 0 aliphatic heterocycles. The van der Waals surface area contributed by atoms with Crippen LogP contribution in [-0.2, 0) is 5.41 Å². The summed E-state index contributed by atoms with van der Waals surface area (Å²) in [5, 5.41) is 4.38. The van der Waals surface area contributed by atoms with Crippen molar-refractivity contribution in [2.45, 2.75) is 12.3 Å². The average Bonchev–Trinajstić information content (AvgIpc) is 3.87. The summed E-state index contributed by atoms with van der Waals surface area (Å²) in [6, 6.07) is 64.9. The number of furan rings is 2. The molecular weight excluding hydrogens is 647 g/mol. The standard InChI is InChI=1S/C50H33NO2/c1-50(41-19-8-5-15-36(41)37-16-6-9-20-42(37)50)43-21-11-18-40-48-44(22-12-24-46(48)53-49(40)43)51(34-27-25-33(26-28-34)32-13-3-2-4-14-32)35-29-30-39-38-17-7-10-23-45(38)52-47(39)31-35/h2-31H,1H3. The lowest BCUT2D eigenvalue weighted by molar-refractivity contribution is 0.638. The molecule has 1 aliphatic rings. The maximum absolute atomic E-state index is 7.00. The number of para-hydroxylation sites is 2. The van der Waals surface area contributed by atoms with E-state index in [1.54, 1.807) is 0 Å². The van der Waals surface area contributed by atoms with Crippen molar-refractivity contribution in [2.75, 3.05) is 4.90 Å². The Labute approximate surface area is 307 Å². The van der Waals surface area contributed by atoms with Gasteiger partial charge in [0.25, 0.3) is 0 Å². The van der Waals surface area contributed by atoms with Crippen molar-refractivity contribution in [1.82, 2.24) is 0 Å². The third-order valence-electron chi connectivity index (χ3n) is 11.4. The van der Waals surface area contributed by atoms with Crippen LogP contribution >= 0.6 is 0 Å². The molecule has 11 rings (SSSR count). The van der Waals surface area contributed by atoms with Crippen LogP contribution in [0.1, 0.15) is 23.6 Å². The highest BCUT2D eigenvalue weighted by Crippen LogP contribution is 2.55. The summed E-state index contributed by atoms with van der Waals surface area (Å²) in [5.74, 6) is 0. The van der Waals surface area contributed by atoms with Crippen molar-refractivity contribution in [3.8, 4) is 22.3 Å². The van der Waals surface area contributed by atoms with E-state index in [0.29, 0.717) is 0 Å². The Kier molecular flexibility index (Phi) is 6.38. The summed E-state index contributed by atoms with van der Waals surface area (Å²) < 4.78 is 13.4. The summed E-state index contributed by atoms with van der Waals surface area (Å²) in [5.41, 5.74) is 14.9. The minimum absolute atomic E-state index is 0.389. The zero-order chi connectivity index (χ0) is 35.1. The molecule has 3 nitrogen and oxygen atoms in total. The molecule has 8 aromatic carbocycles. The van der Waals surface area contributed by atoms with E-state index in [2.05, 4.69) is 182 Å². The normalized spacial score (nSPS) is 13.2. The largest absolute Gasteiger partial charge is 0.456 e. The van der Waals surface area contributed by atoms with E-state index in [9.17, 15) is 0 Å². The first-order valence-electron chi connectivity index (χ1n) is 18.2. The molecule has 1 aliphatic carbocycles. The second kappa shape index (κ2) is 11.3. The van der Waals surface area contributed by atoms with Gasteiger partial charge < -0.3 is 13.7 Å². The van der Waals surface area contributed by atoms with Gasteiger partial charge in [-0.1, -0.05) is 133 Å². The Bertz CT molecular complexity index is 2980. The predicted molar refractivity (Wildman–Crippen MR) is 219 cm³/mol. The monoisotopic (exact) mass is 679 g/mol. The lowest BCUT2D eigenvalue weighted by atomic mass is 9.74. The van der Waals surface area contributed by atoms with Gasteiger partial charge in [-0.2, -0.15) is 0 Å². The van der Waals surface area contributed by atoms with Crippen LogP contribution in [0.5, 0.6) is 0 Å². The van der Waals surface area contributed by atoms with Crippen LogP contribution in [0, 0.1) is 0 Å². The molecule has 0 saturated heterocycles. The lowest BCUT2D eigenvalue weighted by Crippen LogP contribution is -2.22. The highest BCUT2D eigenvalue weighted by atomic mass is 16.3. The van der Waals surface area contributed by atoms with Gasteiger partial charge >= 0.3 is 0 Å². The summed E-state index contributed by atoms with van der Waals surface area (Å²) in [7, 11) is 0. The number of hydrogen-bond acceptors (Lipinski definition) is 3. The summed E-state index contributed by atoms with van der Waals surface area (Å²) in [4.78, 5) is 2.34. The molecule has 10 aromatic rings. The van der Waals surface area contributed by atoms with Gasteiger partial charge in [-0.25, -0.2) is 0 Å². The fourth-order valence-electron chi connectivity index (χ4n) is 8.87. The molecule has 53 heavy (non-hydrogen) atoms. The molecule has 2 aromatic heterocycles. The van der Waals surface area contributed by atoms with Gasteiger partial charge in [-0.15, -0.1) is 0 Å². The van der Waals surface area contributed by atoms with Gasteiger partial charge in [-0.3, -0.25) is 0 Å². The Morgan fingerprint density at radius 1 is 0.415 bits per heavy atom. The van der Waals surface area contributed by atoms with E-state index >= 15 is 0 Å². The van der Waals surface area contributed by atoms with Gasteiger partial charge in [0.1, 0.15) is 22.3 Å². The van der Waals surface area contributed by atoms with Gasteiger partial charge in [0, 0.05) is 44.6 Å². The number of nitrogens with zero attached hydrogens (tertiary/aromatic N) is 1. The fourth-order valence-corrected chi connectivity index (χ4v) is 8.87. The minimum Gasteiger partial charge on any atom is -0.456 e. The molecule has 0 amide bonds. The molecule has 0 fully saturated rings. The molecule has 0 N–H and O–H groups in total. The van der Waals surface area contributed by atoms with Crippen molar-refractivity contribution in [3.63, 3.8) is 0 Å². The van der Waals surface area contributed by atoms with Crippen molar-refractivity contribution < 1.29 is 8.83 Å². The predicted octanol–water partition coefficient (Wildman–Crippen LogP) is 14.0. The van der Waals surface area contributed by atoms with Crippen molar-refractivity contribution >= 4 is 60.9 Å². The van der Waals surface area contributed by atoms with Gasteiger partial charge in [0.05, 0.1) is 11.1 Å². The van der Waals surface area contributed by atoms with Gasteiger partial charge in [0.15, 0.2) is 0 Å². The fraction of sp³-hybridized carbons (Fsp3) is 0.0400. The quantitative estimate of drug-likeness (QED) is 0.181. The molecule has 0 radical (unpaired) electrons. The molecule has 0 spiro atoms. The summed E-state index contributed by atoms with van der Waals surface area (Å²) in [6.07, 6.45) is 0. The van der Waals surface area contributed by atoms with E-state index in [4.69, 9.17) is 8.83 Å². The zero-order valence-electron chi connectivity index (χ0n) is 29.1. The van der Waals surface area contributed by atoms with Gasteiger partial charge in [-0.05, 0) is 82.8 Å². The summed E-state index contributed by atoms with van der Waals surface area (Å²) >= 11 is 0. The first-order chi connectivity index (χ1) is 26.2. The average molecular weight is 680 g/mol. The minimum atomic E-state index is -0.389. The Hall–Kier alpha value is -6.84. The smallest absolute Gasteiger partial charge is 0.139 e. The maximum Gasteiger partial charge on any atom is 0.139 e. The Balaban J connectivity index is 1.15. The molecule has 0 bridgehead atoms. The van der Waals surface area contributed by atoms with Crippen LogP contribution in [0.3, 0.4) is 0 Å². The third-order valence-corrected chi connectivity index (χ3v) is 11.4. The van der Waals surface area contributed by atoms with Crippen molar-refractivity contribution in [3.05, 3.63) is 199 Å². The third kappa shape index (κ3) is 4.34. The molecule has 0 atom stereocenters. The van der Waals surface area contributed by atoms with E-state index in [1.807, 2.05) is 12.1 Å². The number of fused-ring (bicyclic) bond motifs is 9. The molecule has 250 valence electrons. The van der Waals surface area contributed by atoms with Crippen LogP contribution in [0.4, 0.5) is 17.1 Å². The van der Waals surface area contributed by atoms with Crippen LogP contribution in [0.2, 0.25) is 0 Å². The van der Waals surface area contributed by atoms with Crippen LogP contribution in [0.15, 0.2) is 191 Å².